The number of hydrogen-bond acceptors (Lipinski definition) is 6. The Morgan fingerprint density at radius 1 is 1.27 bits per heavy atom. The van der Waals surface area contributed by atoms with Gasteiger partial charge in [-0.05, 0) is 42.7 Å². The molecule has 0 aliphatic carbocycles. The number of thiazole rings is 1. The van der Waals surface area contributed by atoms with E-state index in [0.29, 0.717) is 11.7 Å². The Hall–Kier alpha value is -2.25. The third-order valence-corrected chi connectivity index (χ3v) is 5.83. The van der Waals surface area contributed by atoms with Crippen LogP contribution in [0.5, 0.6) is 0 Å². The van der Waals surface area contributed by atoms with E-state index in [1.54, 1.807) is 17.3 Å². The maximum atomic E-state index is 12.8. The average Bonchev–Trinajstić information content (AvgIpc) is 3.02. The number of aryl methyl sites for hydroxylation is 2. The molecule has 0 fully saturated rings. The Bertz CT molecular complexity index is 954. The fourth-order valence-corrected chi connectivity index (χ4v) is 4.17. The molecule has 0 radical (unpaired) electrons. The van der Waals surface area contributed by atoms with E-state index in [9.17, 15) is 9.59 Å². The van der Waals surface area contributed by atoms with Crippen LogP contribution in [0.4, 0.5) is 5.13 Å². The monoisotopic (exact) mass is 385 g/mol. The van der Waals surface area contributed by atoms with Crippen molar-refractivity contribution in [2.45, 2.75) is 27.3 Å². The molecule has 2 aromatic heterocycles. The normalized spacial score (nSPS) is 10.9. The fourth-order valence-electron chi connectivity index (χ4n) is 2.66. The number of amides is 1. The SMILES string of the molecule is CC(=O)SCC(=O)N(Cc1cccnc1)c1nc2cc(C)cc(C)c2s1. The van der Waals surface area contributed by atoms with Gasteiger partial charge in [0.15, 0.2) is 10.2 Å². The number of rotatable bonds is 5. The van der Waals surface area contributed by atoms with Gasteiger partial charge in [-0.3, -0.25) is 19.5 Å². The topological polar surface area (TPSA) is 63.2 Å². The second-order valence-corrected chi connectivity index (χ2v) is 8.18. The molecule has 0 saturated carbocycles. The predicted molar refractivity (Wildman–Crippen MR) is 108 cm³/mol. The van der Waals surface area contributed by atoms with Crippen molar-refractivity contribution in [2.24, 2.45) is 0 Å². The molecular formula is C19H19N3O2S2. The highest BCUT2D eigenvalue weighted by Gasteiger charge is 2.21. The van der Waals surface area contributed by atoms with Crippen LogP contribution in [0.1, 0.15) is 23.6 Å². The summed E-state index contributed by atoms with van der Waals surface area (Å²) in [6, 6.07) is 7.91. The quantitative estimate of drug-likeness (QED) is 0.661. The van der Waals surface area contributed by atoms with Crippen LogP contribution < -0.4 is 4.90 Å². The molecule has 0 unspecified atom stereocenters. The number of thioether (sulfide) groups is 1. The van der Waals surface area contributed by atoms with Crippen LogP contribution in [-0.4, -0.2) is 26.7 Å². The van der Waals surface area contributed by atoms with E-state index in [0.717, 1.165) is 38.7 Å². The van der Waals surface area contributed by atoms with Crippen LogP contribution in [0.25, 0.3) is 10.2 Å². The Balaban J connectivity index is 1.97. The van der Waals surface area contributed by atoms with Crippen molar-refractivity contribution in [1.29, 1.82) is 0 Å². The summed E-state index contributed by atoms with van der Waals surface area (Å²) in [5.74, 6) is -0.0359. The van der Waals surface area contributed by atoms with Crippen molar-refractivity contribution >= 4 is 49.5 Å². The summed E-state index contributed by atoms with van der Waals surface area (Å²) in [5, 5.41) is 0.571. The first-order chi connectivity index (χ1) is 12.4. The number of carbonyl (C=O) groups excluding carboxylic acids is 2. The van der Waals surface area contributed by atoms with Crippen LogP contribution >= 0.6 is 23.1 Å². The molecule has 1 aromatic carbocycles. The average molecular weight is 386 g/mol. The van der Waals surface area contributed by atoms with Gasteiger partial charge in [0.05, 0.1) is 22.5 Å². The van der Waals surface area contributed by atoms with Gasteiger partial charge in [0.1, 0.15) is 0 Å². The minimum atomic E-state index is -0.137. The lowest BCUT2D eigenvalue weighted by Gasteiger charge is -2.19. The zero-order valence-electron chi connectivity index (χ0n) is 14.9. The molecule has 5 nitrogen and oxygen atoms in total. The van der Waals surface area contributed by atoms with Crippen LogP contribution in [-0.2, 0) is 16.1 Å². The summed E-state index contributed by atoms with van der Waals surface area (Å²) >= 11 is 2.52. The first-order valence-electron chi connectivity index (χ1n) is 8.14. The molecule has 0 saturated heterocycles. The van der Waals surface area contributed by atoms with E-state index in [4.69, 9.17) is 0 Å². The van der Waals surface area contributed by atoms with Gasteiger partial charge in [-0.15, -0.1) is 0 Å². The second kappa shape index (κ2) is 7.97. The predicted octanol–water partition coefficient (Wildman–Crippen LogP) is 4.12. The van der Waals surface area contributed by atoms with Crippen LogP contribution in [0.15, 0.2) is 36.7 Å². The zero-order valence-corrected chi connectivity index (χ0v) is 16.5. The number of pyridine rings is 1. The third-order valence-electron chi connectivity index (χ3n) is 3.80. The Morgan fingerprint density at radius 3 is 2.77 bits per heavy atom. The molecule has 0 N–H and O–H groups in total. The number of fused-ring (bicyclic) bond motifs is 1. The van der Waals surface area contributed by atoms with Crippen molar-refractivity contribution in [3.05, 3.63) is 53.3 Å². The number of carbonyl (C=O) groups is 2. The summed E-state index contributed by atoms with van der Waals surface area (Å²) < 4.78 is 1.08. The van der Waals surface area contributed by atoms with Crippen molar-refractivity contribution in [3.8, 4) is 0 Å². The van der Waals surface area contributed by atoms with E-state index in [-0.39, 0.29) is 16.8 Å². The van der Waals surface area contributed by atoms with Gasteiger partial charge in [-0.1, -0.05) is 35.2 Å². The molecule has 134 valence electrons. The van der Waals surface area contributed by atoms with Crippen LogP contribution in [0.3, 0.4) is 0 Å². The van der Waals surface area contributed by atoms with E-state index in [1.165, 1.54) is 18.3 Å². The van der Waals surface area contributed by atoms with E-state index in [2.05, 4.69) is 23.0 Å². The van der Waals surface area contributed by atoms with E-state index >= 15 is 0 Å². The molecule has 3 aromatic rings. The number of nitrogens with zero attached hydrogens (tertiary/aromatic N) is 3. The zero-order chi connectivity index (χ0) is 18.7. The third kappa shape index (κ3) is 4.28. The van der Waals surface area contributed by atoms with E-state index < -0.39 is 0 Å². The first-order valence-corrected chi connectivity index (χ1v) is 9.94. The highest BCUT2D eigenvalue weighted by molar-refractivity contribution is 8.14. The summed E-state index contributed by atoms with van der Waals surface area (Å²) in [7, 11) is 0. The number of aromatic nitrogens is 2. The summed E-state index contributed by atoms with van der Waals surface area (Å²) in [6.07, 6.45) is 3.44. The lowest BCUT2D eigenvalue weighted by molar-refractivity contribution is -0.116. The lowest BCUT2D eigenvalue weighted by Crippen LogP contribution is -2.32. The minimum absolute atomic E-state index is 0.0737. The summed E-state index contributed by atoms with van der Waals surface area (Å²) in [6.45, 7) is 5.93. The molecule has 26 heavy (non-hydrogen) atoms. The van der Waals surface area contributed by atoms with Gasteiger partial charge in [-0.2, -0.15) is 0 Å². The highest BCUT2D eigenvalue weighted by atomic mass is 32.2. The minimum Gasteiger partial charge on any atom is -0.288 e. The van der Waals surface area contributed by atoms with Crippen molar-refractivity contribution < 1.29 is 9.59 Å². The molecule has 1 amide bonds. The van der Waals surface area contributed by atoms with Crippen LogP contribution in [0.2, 0.25) is 0 Å². The fraction of sp³-hybridized carbons (Fsp3) is 0.263. The summed E-state index contributed by atoms with van der Waals surface area (Å²) in [4.78, 5) is 34.5. The van der Waals surface area contributed by atoms with Crippen molar-refractivity contribution in [2.75, 3.05) is 10.7 Å². The van der Waals surface area contributed by atoms with Crippen molar-refractivity contribution in [1.82, 2.24) is 9.97 Å². The molecule has 3 rings (SSSR count). The Kier molecular flexibility index (Phi) is 5.68. The van der Waals surface area contributed by atoms with Gasteiger partial charge in [0.2, 0.25) is 5.91 Å². The van der Waals surface area contributed by atoms with Crippen LogP contribution in [0, 0.1) is 13.8 Å². The van der Waals surface area contributed by atoms with Crippen molar-refractivity contribution in [3.63, 3.8) is 0 Å². The number of hydrogen-bond donors (Lipinski definition) is 0. The van der Waals surface area contributed by atoms with Gasteiger partial charge in [0, 0.05) is 19.3 Å². The molecule has 2 heterocycles. The smallest absolute Gasteiger partial charge is 0.239 e. The molecule has 7 heteroatoms. The first kappa shape index (κ1) is 18.5. The maximum absolute atomic E-state index is 12.8. The van der Waals surface area contributed by atoms with E-state index in [1.807, 2.05) is 25.1 Å². The van der Waals surface area contributed by atoms with Gasteiger partial charge >= 0.3 is 0 Å². The Morgan fingerprint density at radius 2 is 2.08 bits per heavy atom. The molecule has 0 spiro atoms. The standard InChI is InChI=1S/C19H19N3O2S2/c1-12-7-13(2)18-16(8-12)21-19(26-18)22(17(24)11-25-14(3)23)10-15-5-4-6-20-9-15/h4-9H,10-11H2,1-3H3. The molecule has 0 atom stereocenters. The highest BCUT2D eigenvalue weighted by Crippen LogP contribution is 2.33. The number of anilines is 1. The Labute approximate surface area is 160 Å². The maximum Gasteiger partial charge on any atom is 0.239 e. The molecule has 0 aliphatic heterocycles. The molecule has 0 aliphatic rings. The lowest BCUT2D eigenvalue weighted by atomic mass is 10.1. The van der Waals surface area contributed by atoms with Gasteiger partial charge in [0.25, 0.3) is 0 Å². The number of benzene rings is 1. The van der Waals surface area contributed by atoms with Gasteiger partial charge < -0.3 is 0 Å². The largest absolute Gasteiger partial charge is 0.288 e. The molecule has 0 bridgehead atoms. The van der Waals surface area contributed by atoms with Gasteiger partial charge in [-0.25, -0.2) is 4.98 Å². The summed E-state index contributed by atoms with van der Waals surface area (Å²) in [5.41, 5.74) is 4.10. The molecular weight excluding hydrogens is 366 g/mol. The second-order valence-electron chi connectivity index (χ2n) is 6.05.